The summed E-state index contributed by atoms with van der Waals surface area (Å²) < 4.78 is 13.4. The molecule has 0 aliphatic rings. The van der Waals surface area contributed by atoms with E-state index in [0.717, 1.165) is 6.07 Å². The van der Waals surface area contributed by atoms with E-state index in [9.17, 15) is 4.39 Å². The molecule has 0 atom stereocenters. The molecule has 4 heteroatoms. The van der Waals surface area contributed by atoms with E-state index in [0.29, 0.717) is 5.57 Å². The van der Waals surface area contributed by atoms with Crippen molar-refractivity contribution in [2.24, 2.45) is 0 Å². The third-order valence-electron chi connectivity index (χ3n) is 1.95. The molecule has 1 N–H and O–H groups in total. The Kier molecular flexibility index (Phi) is 3.84. The first-order valence-electron chi connectivity index (χ1n) is 4.26. The molecule has 0 amide bonds. The third-order valence-corrected chi connectivity index (χ3v) is 2.47. The van der Waals surface area contributed by atoms with Gasteiger partial charge in [-0.25, -0.2) is 4.39 Å². The Morgan fingerprint density at radius 2 is 2.33 bits per heavy atom. The highest BCUT2D eigenvalue weighted by Crippen LogP contribution is 2.25. The minimum atomic E-state index is -0.563. The highest BCUT2D eigenvalue weighted by Gasteiger charge is 2.09. The standard InChI is InChI=1S/C11H9ClFNO.H2/c1-7(6-15)11(12)9-3-2-8(5-14)4-10(9)13;/h2-4,15H,6H2,1H3;1H/b11-7+;. The number of halogens is 2. The number of aliphatic hydroxyl groups is 1. The van der Waals surface area contributed by atoms with Crippen molar-refractivity contribution in [1.29, 1.82) is 5.26 Å². The SMILES string of the molecule is C/C(CO)=C(\Cl)c1ccc(C#N)cc1F.[HH]. The molecule has 0 radical (unpaired) electrons. The summed E-state index contributed by atoms with van der Waals surface area (Å²) in [6.07, 6.45) is 0. The van der Waals surface area contributed by atoms with Crippen molar-refractivity contribution >= 4 is 16.6 Å². The van der Waals surface area contributed by atoms with Gasteiger partial charge in [0.2, 0.25) is 0 Å². The zero-order valence-corrected chi connectivity index (χ0v) is 8.85. The van der Waals surface area contributed by atoms with Gasteiger partial charge >= 0.3 is 0 Å². The Hall–Kier alpha value is -1.37. The molecule has 0 spiro atoms. The van der Waals surface area contributed by atoms with Gasteiger partial charge in [0.05, 0.1) is 23.3 Å². The zero-order chi connectivity index (χ0) is 11.4. The summed E-state index contributed by atoms with van der Waals surface area (Å²) in [5, 5.41) is 17.6. The van der Waals surface area contributed by atoms with Crippen LogP contribution >= 0.6 is 11.6 Å². The summed E-state index contributed by atoms with van der Waals surface area (Å²) in [5.74, 6) is -0.563. The van der Waals surface area contributed by atoms with E-state index < -0.39 is 5.82 Å². The van der Waals surface area contributed by atoms with E-state index in [4.69, 9.17) is 22.0 Å². The lowest BCUT2D eigenvalue weighted by atomic mass is 10.1. The number of benzene rings is 1. The predicted octanol–water partition coefficient (Wildman–Crippen LogP) is 2.91. The fourth-order valence-corrected chi connectivity index (χ4v) is 1.27. The van der Waals surface area contributed by atoms with Crippen molar-refractivity contribution in [2.45, 2.75) is 6.92 Å². The van der Waals surface area contributed by atoms with E-state index in [2.05, 4.69) is 0 Å². The van der Waals surface area contributed by atoms with Crippen LogP contribution in [0.3, 0.4) is 0 Å². The summed E-state index contributed by atoms with van der Waals surface area (Å²) >= 11 is 5.85. The lowest BCUT2D eigenvalue weighted by Gasteiger charge is -2.05. The van der Waals surface area contributed by atoms with E-state index in [1.807, 2.05) is 6.07 Å². The summed E-state index contributed by atoms with van der Waals surface area (Å²) in [5.41, 5.74) is 0.921. The van der Waals surface area contributed by atoms with Crippen LogP contribution in [0.25, 0.3) is 5.03 Å². The maximum atomic E-state index is 13.4. The summed E-state index contributed by atoms with van der Waals surface area (Å²) in [6, 6.07) is 5.85. The molecule has 1 aromatic carbocycles. The second-order valence-electron chi connectivity index (χ2n) is 3.06. The smallest absolute Gasteiger partial charge is 0.133 e. The second-order valence-corrected chi connectivity index (χ2v) is 3.44. The van der Waals surface area contributed by atoms with Crippen molar-refractivity contribution in [3.63, 3.8) is 0 Å². The van der Waals surface area contributed by atoms with E-state index in [-0.39, 0.29) is 24.2 Å². The van der Waals surface area contributed by atoms with Crippen LogP contribution in [0.5, 0.6) is 0 Å². The highest BCUT2D eigenvalue weighted by molar-refractivity contribution is 6.49. The van der Waals surface area contributed by atoms with Gasteiger partial charge < -0.3 is 5.11 Å². The minimum absolute atomic E-state index is 0. The molecule has 0 aliphatic heterocycles. The molecule has 1 aromatic rings. The summed E-state index contributed by atoms with van der Waals surface area (Å²) in [7, 11) is 0. The van der Waals surface area contributed by atoms with Crippen molar-refractivity contribution in [1.82, 2.24) is 0 Å². The minimum Gasteiger partial charge on any atom is -0.392 e. The van der Waals surface area contributed by atoms with Crippen LogP contribution in [-0.4, -0.2) is 11.7 Å². The van der Waals surface area contributed by atoms with Crippen LogP contribution in [0, 0.1) is 17.1 Å². The first-order valence-corrected chi connectivity index (χ1v) is 4.64. The van der Waals surface area contributed by atoms with E-state index in [1.54, 1.807) is 6.92 Å². The van der Waals surface area contributed by atoms with Crippen molar-refractivity contribution < 1.29 is 10.9 Å². The molecule has 0 saturated carbocycles. The van der Waals surface area contributed by atoms with Gasteiger partial charge in [-0.3, -0.25) is 0 Å². The van der Waals surface area contributed by atoms with Crippen molar-refractivity contribution in [2.75, 3.05) is 6.61 Å². The average molecular weight is 228 g/mol. The number of nitrogens with zero attached hydrogens (tertiary/aromatic N) is 1. The van der Waals surface area contributed by atoms with Crippen LogP contribution in [0.2, 0.25) is 0 Å². The number of hydrogen-bond acceptors (Lipinski definition) is 2. The second kappa shape index (κ2) is 4.92. The Bertz CT molecular complexity index is 454. The van der Waals surface area contributed by atoms with E-state index >= 15 is 0 Å². The molecular formula is C11H11ClFNO. The number of hydrogen-bond donors (Lipinski definition) is 1. The van der Waals surface area contributed by atoms with Gasteiger partial charge in [0.1, 0.15) is 5.82 Å². The molecule has 0 heterocycles. The molecule has 15 heavy (non-hydrogen) atoms. The van der Waals surface area contributed by atoms with Crippen LogP contribution in [0.15, 0.2) is 23.8 Å². The predicted molar refractivity (Wildman–Crippen MR) is 58.8 cm³/mol. The van der Waals surface area contributed by atoms with Gasteiger partial charge in [-0.05, 0) is 30.7 Å². The van der Waals surface area contributed by atoms with Gasteiger partial charge in [0, 0.05) is 6.99 Å². The first-order chi connectivity index (χ1) is 7.10. The highest BCUT2D eigenvalue weighted by atomic mass is 35.5. The van der Waals surface area contributed by atoms with Crippen LogP contribution in [0.1, 0.15) is 19.5 Å². The number of nitriles is 1. The number of aliphatic hydroxyl groups excluding tert-OH is 1. The zero-order valence-electron chi connectivity index (χ0n) is 8.09. The van der Waals surface area contributed by atoms with E-state index in [1.165, 1.54) is 12.1 Å². The lowest BCUT2D eigenvalue weighted by molar-refractivity contribution is 0.332. The quantitative estimate of drug-likeness (QED) is 0.844. The molecule has 1 rings (SSSR count). The molecule has 0 aliphatic carbocycles. The molecule has 2 nitrogen and oxygen atoms in total. The maximum Gasteiger partial charge on any atom is 0.133 e. The van der Waals surface area contributed by atoms with Crippen LogP contribution < -0.4 is 0 Å². The fraction of sp³-hybridized carbons (Fsp3) is 0.182. The summed E-state index contributed by atoms with van der Waals surface area (Å²) in [6.45, 7) is 1.39. The van der Waals surface area contributed by atoms with Gasteiger partial charge in [-0.1, -0.05) is 11.6 Å². The van der Waals surface area contributed by atoms with Gasteiger partial charge in [-0.15, -0.1) is 0 Å². The molecule has 0 saturated heterocycles. The normalized spacial score (nSPS) is 11.9. The average Bonchev–Trinajstić information content (AvgIpc) is 2.26. The number of rotatable bonds is 2. The van der Waals surface area contributed by atoms with Crippen molar-refractivity contribution in [3.05, 3.63) is 40.7 Å². The Morgan fingerprint density at radius 1 is 1.67 bits per heavy atom. The third kappa shape index (κ3) is 2.56. The fourth-order valence-electron chi connectivity index (χ4n) is 1.06. The Labute approximate surface area is 93.7 Å². The molecule has 0 fully saturated rings. The topological polar surface area (TPSA) is 44.0 Å². The van der Waals surface area contributed by atoms with Crippen LogP contribution in [0.4, 0.5) is 4.39 Å². The van der Waals surface area contributed by atoms with Gasteiger partial charge in [0.25, 0.3) is 0 Å². The molecular weight excluding hydrogens is 217 g/mol. The summed E-state index contributed by atoms with van der Waals surface area (Å²) in [4.78, 5) is 0. The monoisotopic (exact) mass is 227 g/mol. The maximum absolute atomic E-state index is 13.4. The lowest BCUT2D eigenvalue weighted by Crippen LogP contribution is -1.92. The largest absolute Gasteiger partial charge is 0.392 e. The van der Waals surface area contributed by atoms with Gasteiger partial charge in [-0.2, -0.15) is 5.26 Å². The molecule has 80 valence electrons. The van der Waals surface area contributed by atoms with Gasteiger partial charge in [0.15, 0.2) is 0 Å². The Balaban J connectivity index is 0.00000225. The first kappa shape index (κ1) is 11.7. The Morgan fingerprint density at radius 3 is 2.80 bits per heavy atom. The van der Waals surface area contributed by atoms with Crippen LogP contribution in [-0.2, 0) is 0 Å². The molecule has 0 bridgehead atoms. The molecule has 0 aromatic heterocycles. The molecule has 0 unspecified atom stereocenters. The van der Waals surface area contributed by atoms with Crippen molar-refractivity contribution in [3.8, 4) is 6.07 Å².